The lowest BCUT2D eigenvalue weighted by Crippen LogP contribution is -2.50. The third kappa shape index (κ3) is 3.77. The number of hydrogen-bond donors (Lipinski definition) is 1. The van der Waals surface area contributed by atoms with Crippen LogP contribution < -0.4 is 5.32 Å². The largest absolute Gasteiger partial charge is 0.377 e. The lowest BCUT2D eigenvalue weighted by atomic mass is 9.83. The molecule has 120 valence electrons. The van der Waals surface area contributed by atoms with Crippen LogP contribution in [0.4, 0.5) is 0 Å². The Morgan fingerprint density at radius 1 is 1.59 bits per heavy atom. The van der Waals surface area contributed by atoms with E-state index in [1.807, 2.05) is 23.6 Å². The second-order valence-electron chi connectivity index (χ2n) is 6.20. The molecule has 1 aromatic rings. The molecule has 3 rings (SSSR count). The topological polar surface area (TPSA) is 41.6 Å². The first-order valence-electron chi connectivity index (χ1n) is 8.01. The minimum atomic E-state index is -0.00936. The van der Waals surface area contributed by atoms with Gasteiger partial charge in [-0.05, 0) is 30.2 Å². The number of hydrogen-bond acceptors (Lipinski definition) is 4. The van der Waals surface area contributed by atoms with Crippen LogP contribution in [0.2, 0.25) is 0 Å². The fourth-order valence-corrected chi connectivity index (χ4v) is 4.11. The number of ether oxygens (including phenoxy) is 1. The van der Waals surface area contributed by atoms with Crippen molar-refractivity contribution < 1.29 is 9.53 Å². The molecule has 1 aromatic heterocycles. The normalized spacial score (nSPS) is 28.8. The van der Waals surface area contributed by atoms with Crippen molar-refractivity contribution in [2.24, 2.45) is 11.8 Å². The Morgan fingerprint density at radius 2 is 2.50 bits per heavy atom. The number of amides is 1. The van der Waals surface area contributed by atoms with Crippen LogP contribution in [0.3, 0.4) is 0 Å². The first-order valence-corrected chi connectivity index (χ1v) is 8.89. The van der Waals surface area contributed by atoms with Gasteiger partial charge in [0.25, 0.3) is 0 Å². The number of nitrogens with zero attached hydrogens (tertiary/aromatic N) is 1. The lowest BCUT2D eigenvalue weighted by molar-refractivity contribution is -0.138. The highest BCUT2D eigenvalue weighted by molar-refractivity contribution is 7.09. The number of carbonyl (C=O) groups excluding carboxylic acids is 1. The predicted molar refractivity (Wildman–Crippen MR) is 88.8 cm³/mol. The summed E-state index contributed by atoms with van der Waals surface area (Å²) in [6.45, 7) is 8.03. The van der Waals surface area contributed by atoms with Crippen LogP contribution in [-0.2, 0) is 16.1 Å². The van der Waals surface area contributed by atoms with E-state index < -0.39 is 0 Å². The van der Waals surface area contributed by atoms with Gasteiger partial charge in [0.2, 0.25) is 5.91 Å². The van der Waals surface area contributed by atoms with Gasteiger partial charge < -0.3 is 10.1 Å². The number of carbonyl (C=O) groups is 1. The summed E-state index contributed by atoms with van der Waals surface area (Å²) >= 11 is 1.67. The quantitative estimate of drug-likeness (QED) is 0.846. The van der Waals surface area contributed by atoms with Gasteiger partial charge in [0, 0.05) is 24.5 Å². The van der Waals surface area contributed by atoms with E-state index in [1.165, 1.54) is 4.88 Å². The molecule has 22 heavy (non-hydrogen) atoms. The molecule has 0 saturated carbocycles. The average Bonchev–Trinajstić information content (AvgIpc) is 3.05. The van der Waals surface area contributed by atoms with Crippen molar-refractivity contribution in [3.63, 3.8) is 0 Å². The monoisotopic (exact) mass is 320 g/mol. The molecular weight excluding hydrogens is 296 g/mol. The molecule has 0 aromatic carbocycles. The van der Waals surface area contributed by atoms with Gasteiger partial charge in [0.15, 0.2) is 0 Å². The molecule has 2 aliphatic heterocycles. The zero-order chi connectivity index (χ0) is 15.4. The lowest BCUT2D eigenvalue weighted by Gasteiger charge is -2.42. The standard InChI is InChI=1S/C17H24N2O2S/c1-2-6-19-7-5-16-13(11-19)9-14(12-21-16)17(20)18-10-15-4-3-8-22-15/h2-4,8,13-14,16H,1,5-7,9-12H2,(H,18,20)/t13-,14-,16+/m0/s1. The van der Waals surface area contributed by atoms with Gasteiger partial charge in [-0.25, -0.2) is 0 Å². The maximum absolute atomic E-state index is 12.4. The Balaban J connectivity index is 1.50. The smallest absolute Gasteiger partial charge is 0.225 e. The van der Waals surface area contributed by atoms with Crippen molar-refractivity contribution in [2.45, 2.75) is 25.5 Å². The maximum Gasteiger partial charge on any atom is 0.225 e. The number of nitrogens with one attached hydrogen (secondary N) is 1. The predicted octanol–water partition coefficient (Wildman–Crippen LogP) is 2.28. The fourth-order valence-electron chi connectivity index (χ4n) is 3.47. The summed E-state index contributed by atoms with van der Waals surface area (Å²) in [4.78, 5) is 16.0. The van der Waals surface area contributed by atoms with E-state index in [9.17, 15) is 4.79 Å². The first kappa shape index (κ1) is 15.7. The van der Waals surface area contributed by atoms with E-state index >= 15 is 0 Å². The SMILES string of the molecule is C=CCN1CC[C@H]2OC[C@@H](C(=O)NCc3cccs3)C[C@H]2C1. The number of piperidine rings is 1. The molecule has 0 radical (unpaired) electrons. The third-order valence-electron chi connectivity index (χ3n) is 4.62. The second kappa shape index (κ2) is 7.40. The number of likely N-dealkylation sites (tertiary alicyclic amines) is 1. The van der Waals surface area contributed by atoms with Crippen LogP contribution in [0.15, 0.2) is 30.2 Å². The summed E-state index contributed by atoms with van der Waals surface area (Å²) in [7, 11) is 0. The second-order valence-corrected chi connectivity index (χ2v) is 7.23. The molecule has 1 N–H and O–H groups in total. The highest BCUT2D eigenvalue weighted by Crippen LogP contribution is 2.31. The summed E-state index contributed by atoms with van der Waals surface area (Å²) in [6, 6.07) is 4.06. The number of fused-ring (bicyclic) bond motifs is 1. The maximum atomic E-state index is 12.4. The van der Waals surface area contributed by atoms with Crippen LogP contribution in [-0.4, -0.2) is 43.2 Å². The van der Waals surface area contributed by atoms with Gasteiger partial charge in [-0.3, -0.25) is 9.69 Å². The van der Waals surface area contributed by atoms with Crippen molar-refractivity contribution in [1.29, 1.82) is 0 Å². The Morgan fingerprint density at radius 3 is 3.27 bits per heavy atom. The van der Waals surface area contributed by atoms with Crippen LogP contribution in [0.1, 0.15) is 17.7 Å². The van der Waals surface area contributed by atoms with Gasteiger partial charge in [-0.2, -0.15) is 0 Å². The van der Waals surface area contributed by atoms with E-state index in [-0.39, 0.29) is 11.8 Å². The van der Waals surface area contributed by atoms with Gasteiger partial charge in [0.1, 0.15) is 0 Å². The zero-order valence-electron chi connectivity index (χ0n) is 12.9. The summed E-state index contributed by atoms with van der Waals surface area (Å²) in [5, 5.41) is 5.08. The molecular formula is C17H24N2O2S. The number of rotatable bonds is 5. The molecule has 0 aliphatic carbocycles. The molecule has 2 saturated heterocycles. The van der Waals surface area contributed by atoms with Gasteiger partial charge >= 0.3 is 0 Å². The Hall–Kier alpha value is -1.17. The summed E-state index contributed by atoms with van der Waals surface area (Å²) in [6.07, 6.45) is 4.30. The van der Waals surface area contributed by atoms with Crippen LogP contribution in [0, 0.1) is 11.8 Å². The molecule has 0 spiro atoms. The molecule has 1 amide bonds. The molecule has 3 atom stereocenters. The summed E-state index contributed by atoms with van der Waals surface area (Å²) in [5.74, 6) is 0.595. The highest BCUT2D eigenvalue weighted by atomic mass is 32.1. The van der Waals surface area contributed by atoms with Crippen LogP contribution in [0.5, 0.6) is 0 Å². The van der Waals surface area contributed by atoms with E-state index in [0.29, 0.717) is 25.2 Å². The van der Waals surface area contributed by atoms with E-state index in [2.05, 4.69) is 16.8 Å². The Labute approximate surface area is 136 Å². The molecule has 5 heteroatoms. The van der Waals surface area contributed by atoms with Crippen molar-refractivity contribution >= 4 is 17.2 Å². The van der Waals surface area contributed by atoms with Crippen molar-refractivity contribution in [1.82, 2.24) is 10.2 Å². The minimum absolute atomic E-state index is 0.00936. The third-order valence-corrected chi connectivity index (χ3v) is 5.50. The van der Waals surface area contributed by atoms with Gasteiger partial charge in [-0.15, -0.1) is 17.9 Å². The zero-order valence-corrected chi connectivity index (χ0v) is 13.7. The molecule has 2 aliphatic rings. The molecule has 0 unspecified atom stereocenters. The molecule has 3 heterocycles. The van der Waals surface area contributed by atoms with Gasteiger partial charge in [-0.1, -0.05) is 12.1 Å². The van der Waals surface area contributed by atoms with E-state index in [0.717, 1.165) is 32.5 Å². The van der Waals surface area contributed by atoms with E-state index in [4.69, 9.17) is 4.74 Å². The average molecular weight is 320 g/mol. The van der Waals surface area contributed by atoms with Crippen molar-refractivity contribution in [3.8, 4) is 0 Å². The van der Waals surface area contributed by atoms with Crippen LogP contribution >= 0.6 is 11.3 Å². The molecule has 2 fully saturated rings. The van der Waals surface area contributed by atoms with E-state index in [1.54, 1.807) is 11.3 Å². The van der Waals surface area contributed by atoms with Gasteiger partial charge in [0.05, 0.1) is 25.2 Å². The fraction of sp³-hybridized carbons (Fsp3) is 0.588. The van der Waals surface area contributed by atoms with Crippen molar-refractivity contribution in [2.75, 3.05) is 26.2 Å². The van der Waals surface area contributed by atoms with Crippen molar-refractivity contribution in [3.05, 3.63) is 35.0 Å². The highest BCUT2D eigenvalue weighted by Gasteiger charge is 2.37. The molecule has 0 bridgehead atoms. The molecule has 4 nitrogen and oxygen atoms in total. The summed E-state index contributed by atoms with van der Waals surface area (Å²) in [5.41, 5.74) is 0. The Kier molecular flexibility index (Phi) is 5.28. The Bertz CT molecular complexity index is 503. The van der Waals surface area contributed by atoms with Crippen LogP contribution in [0.25, 0.3) is 0 Å². The first-order chi connectivity index (χ1) is 10.8. The minimum Gasteiger partial charge on any atom is -0.377 e. The summed E-state index contributed by atoms with van der Waals surface area (Å²) < 4.78 is 5.97. The number of thiophene rings is 1.